The van der Waals surface area contributed by atoms with Crippen molar-refractivity contribution in [1.29, 1.82) is 0 Å². The van der Waals surface area contributed by atoms with Crippen molar-refractivity contribution in [1.82, 2.24) is 5.32 Å². The number of amides is 2. The number of carboxylic acids is 1. The maximum Gasteiger partial charge on any atom is 0.329 e. The number of hydrogen-bond donors (Lipinski definition) is 3. The van der Waals surface area contributed by atoms with E-state index >= 15 is 0 Å². The molecule has 1 unspecified atom stereocenters. The quantitative estimate of drug-likeness (QED) is 0.778. The molecule has 1 atom stereocenters. The van der Waals surface area contributed by atoms with Crippen molar-refractivity contribution in [3.63, 3.8) is 0 Å². The molecular weight excluding hydrogens is 336 g/mol. The lowest BCUT2D eigenvalue weighted by Crippen LogP contribution is -2.53. The third-order valence-corrected chi connectivity index (χ3v) is 3.67. The van der Waals surface area contributed by atoms with Gasteiger partial charge in [-0.2, -0.15) is 0 Å². The predicted molar refractivity (Wildman–Crippen MR) is 77.6 cm³/mol. The number of benzene rings is 1. The summed E-state index contributed by atoms with van der Waals surface area (Å²) in [6.45, 7) is 3.13. The minimum atomic E-state index is -1.31. The molecular formula is C12H14BrClN2O3. The molecule has 5 nitrogen and oxygen atoms in total. The van der Waals surface area contributed by atoms with Gasteiger partial charge in [0.05, 0.1) is 5.69 Å². The van der Waals surface area contributed by atoms with Gasteiger partial charge in [0.2, 0.25) is 0 Å². The molecule has 0 radical (unpaired) electrons. The molecule has 0 bridgehead atoms. The highest BCUT2D eigenvalue weighted by molar-refractivity contribution is 9.10. The third-order valence-electron chi connectivity index (χ3n) is 2.75. The molecule has 0 fully saturated rings. The average Bonchev–Trinajstić information content (AvgIpc) is 2.33. The van der Waals surface area contributed by atoms with Crippen molar-refractivity contribution < 1.29 is 14.7 Å². The van der Waals surface area contributed by atoms with E-state index < -0.39 is 17.5 Å². The van der Waals surface area contributed by atoms with Crippen molar-refractivity contribution in [2.24, 2.45) is 0 Å². The van der Waals surface area contributed by atoms with E-state index in [1.54, 1.807) is 25.1 Å². The monoisotopic (exact) mass is 348 g/mol. The Bertz CT molecular complexity index is 510. The third kappa shape index (κ3) is 4.11. The molecule has 0 spiro atoms. The van der Waals surface area contributed by atoms with Gasteiger partial charge >= 0.3 is 12.0 Å². The highest BCUT2D eigenvalue weighted by Gasteiger charge is 2.32. The van der Waals surface area contributed by atoms with Gasteiger partial charge in [-0.25, -0.2) is 9.59 Å². The van der Waals surface area contributed by atoms with Crippen LogP contribution >= 0.6 is 27.5 Å². The van der Waals surface area contributed by atoms with Gasteiger partial charge in [0, 0.05) is 9.50 Å². The molecule has 7 heteroatoms. The van der Waals surface area contributed by atoms with Gasteiger partial charge in [0.1, 0.15) is 5.54 Å². The van der Waals surface area contributed by atoms with Crippen molar-refractivity contribution in [2.75, 3.05) is 5.32 Å². The Morgan fingerprint density at radius 1 is 1.47 bits per heavy atom. The van der Waals surface area contributed by atoms with Crippen LogP contribution in [0.3, 0.4) is 0 Å². The Morgan fingerprint density at radius 2 is 2.11 bits per heavy atom. The summed E-state index contributed by atoms with van der Waals surface area (Å²) < 4.78 is 0.653. The fourth-order valence-corrected chi connectivity index (χ4v) is 1.81. The zero-order valence-electron chi connectivity index (χ0n) is 10.5. The fourth-order valence-electron chi connectivity index (χ4n) is 1.29. The van der Waals surface area contributed by atoms with Gasteiger partial charge in [-0.15, -0.1) is 0 Å². The maximum absolute atomic E-state index is 11.8. The average molecular weight is 350 g/mol. The van der Waals surface area contributed by atoms with Gasteiger partial charge in [-0.1, -0.05) is 18.5 Å². The van der Waals surface area contributed by atoms with Crippen molar-refractivity contribution in [3.05, 3.63) is 27.7 Å². The number of hydrogen-bond acceptors (Lipinski definition) is 2. The molecule has 3 N–H and O–H groups in total. The summed E-state index contributed by atoms with van der Waals surface area (Å²) >= 11 is 9.09. The molecule has 0 heterocycles. The van der Waals surface area contributed by atoms with Crippen LogP contribution in [0.15, 0.2) is 22.7 Å². The van der Waals surface area contributed by atoms with E-state index in [9.17, 15) is 9.59 Å². The Morgan fingerprint density at radius 3 is 2.63 bits per heavy atom. The summed E-state index contributed by atoms with van der Waals surface area (Å²) in [6.07, 6.45) is 0.270. The topological polar surface area (TPSA) is 78.4 Å². The lowest BCUT2D eigenvalue weighted by Gasteiger charge is -2.24. The molecule has 2 amide bonds. The van der Waals surface area contributed by atoms with E-state index in [0.29, 0.717) is 15.2 Å². The van der Waals surface area contributed by atoms with E-state index in [2.05, 4.69) is 26.6 Å². The SMILES string of the molecule is CCC(C)(NC(=O)Nc1cc(Cl)ccc1Br)C(=O)O. The highest BCUT2D eigenvalue weighted by atomic mass is 79.9. The summed E-state index contributed by atoms with van der Waals surface area (Å²) in [4.78, 5) is 22.9. The molecule has 19 heavy (non-hydrogen) atoms. The van der Waals surface area contributed by atoms with Crippen LogP contribution in [0.1, 0.15) is 20.3 Å². The van der Waals surface area contributed by atoms with E-state index in [4.69, 9.17) is 16.7 Å². The van der Waals surface area contributed by atoms with Crippen LogP contribution in [0.2, 0.25) is 5.02 Å². The molecule has 0 saturated heterocycles. The van der Waals surface area contributed by atoms with Crippen molar-refractivity contribution in [3.8, 4) is 0 Å². The standard InChI is InChI=1S/C12H14BrClN2O3/c1-3-12(2,10(17)18)16-11(19)15-9-6-7(14)4-5-8(9)13/h4-6H,3H2,1-2H3,(H,17,18)(H2,15,16,19). The number of halogens is 2. The van der Waals surface area contributed by atoms with Crippen LogP contribution in [-0.2, 0) is 4.79 Å². The minimum Gasteiger partial charge on any atom is -0.480 e. The molecule has 1 aromatic rings. The normalized spacial score (nSPS) is 13.5. The molecule has 0 aliphatic heterocycles. The van der Waals surface area contributed by atoms with E-state index in [0.717, 1.165) is 0 Å². The van der Waals surface area contributed by atoms with Gasteiger partial charge in [-0.3, -0.25) is 0 Å². The first-order chi connectivity index (χ1) is 8.78. The Balaban J connectivity index is 2.80. The molecule has 1 rings (SSSR count). The maximum atomic E-state index is 11.8. The molecule has 0 aromatic heterocycles. The van der Waals surface area contributed by atoms with Crippen LogP contribution < -0.4 is 10.6 Å². The van der Waals surface area contributed by atoms with Gasteiger partial charge in [0.25, 0.3) is 0 Å². The molecule has 0 aliphatic rings. The van der Waals surface area contributed by atoms with E-state index in [1.807, 2.05) is 0 Å². The number of rotatable bonds is 4. The predicted octanol–water partition coefficient (Wildman–Crippen LogP) is 3.48. The van der Waals surface area contributed by atoms with Crippen molar-refractivity contribution >= 4 is 45.2 Å². The zero-order chi connectivity index (χ0) is 14.6. The van der Waals surface area contributed by atoms with Crippen LogP contribution in [0, 0.1) is 0 Å². The Hall–Kier alpha value is -1.27. The second-order valence-electron chi connectivity index (χ2n) is 4.19. The number of carbonyl (C=O) groups is 2. The van der Waals surface area contributed by atoms with Crippen LogP contribution in [-0.4, -0.2) is 22.6 Å². The Kier molecular flexibility index (Phi) is 5.20. The molecule has 0 saturated carbocycles. The zero-order valence-corrected chi connectivity index (χ0v) is 12.8. The minimum absolute atomic E-state index is 0.270. The summed E-state index contributed by atoms with van der Waals surface area (Å²) in [5, 5.41) is 14.5. The number of carbonyl (C=O) groups excluding carboxylic acids is 1. The first-order valence-electron chi connectivity index (χ1n) is 5.56. The molecule has 1 aromatic carbocycles. The second-order valence-corrected chi connectivity index (χ2v) is 5.48. The molecule has 104 valence electrons. The number of carboxylic acid groups (broad SMARTS) is 1. The lowest BCUT2D eigenvalue weighted by molar-refractivity contribution is -0.143. The highest BCUT2D eigenvalue weighted by Crippen LogP contribution is 2.26. The van der Waals surface area contributed by atoms with Gasteiger partial charge in [-0.05, 0) is 47.5 Å². The molecule has 0 aliphatic carbocycles. The lowest BCUT2D eigenvalue weighted by atomic mass is 10.00. The second kappa shape index (κ2) is 6.25. The van der Waals surface area contributed by atoms with Crippen LogP contribution in [0.5, 0.6) is 0 Å². The van der Waals surface area contributed by atoms with Crippen LogP contribution in [0.4, 0.5) is 10.5 Å². The van der Waals surface area contributed by atoms with E-state index in [-0.39, 0.29) is 6.42 Å². The smallest absolute Gasteiger partial charge is 0.329 e. The van der Waals surface area contributed by atoms with Gasteiger partial charge in [0.15, 0.2) is 0 Å². The summed E-state index contributed by atoms with van der Waals surface area (Å²) in [6, 6.07) is 4.32. The van der Waals surface area contributed by atoms with Crippen LogP contribution in [0.25, 0.3) is 0 Å². The number of nitrogens with one attached hydrogen (secondary N) is 2. The largest absolute Gasteiger partial charge is 0.480 e. The summed E-state index contributed by atoms with van der Waals surface area (Å²) in [5.41, 5.74) is -0.844. The number of anilines is 1. The fraction of sp³-hybridized carbons (Fsp3) is 0.333. The number of aliphatic carboxylic acids is 1. The van der Waals surface area contributed by atoms with Crippen molar-refractivity contribution in [2.45, 2.75) is 25.8 Å². The summed E-state index contributed by atoms with van der Waals surface area (Å²) in [7, 11) is 0. The first-order valence-corrected chi connectivity index (χ1v) is 6.73. The Labute approximate surface area is 124 Å². The number of urea groups is 1. The first kappa shape index (κ1) is 15.8. The van der Waals surface area contributed by atoms with E-state index in [1.165, 1.54) is 6.92 Å². The summed E-state index contributed by atoms with van der Waals surface area (Å²) in [5.74, 6) is -1.09. The van der Waals surface area contributed by atoms with Gasteiger partial charge < -0.3 is 15.7 Å².